The van der Waals surface area contributed by atoms with Crippen LogP contribution in [0.15, 0.2) is 12.7 Å². The summed E-state index contributed by atoms with van der Waals surface area (Å²) in [4.78, 5) is 88.4. The predicted molar refractivity (Wildman–Crippen MR) is 201 cm³/mol. The molecule has 2 aromatic rings. The number of phosphoric acid groups is 3. The van der Waals surface area contributed by atoms with Crippen molar-refractivity contribution in [1.82, 2.24) is 40.5 Å². The highest BCUT2D eigenvalue weighted by Crippen LogP contribution is 2.61. The number of nitrogen functional groups attached to an aromatic ring is 1. The Kier molecular flexibility index (Phi) is 16.7. The van der Waals surface area contributed by atoms with E-state index in [1.165, 1.54) is 20.9 Å². The molecule has 27 nitrogen and oxygen atoms in total. The first-order valence-corrected chi connectivity index (χ1v) is 23.0. The van der Waals surface area contributed by atoms with Gasteiger partial charge in [-0.05, 0) is 12.3 Å². The van der Waals surface area contributed by atoms with Crippen LogP contribution < -0.4 is 21.7 Å². The van der Waals surface area contributed by atoms with E-state index < -0.39 is 90.6 Å². The molecule has 0 radical (unpaired) electrons. The Balaban J connectivity index is 1.21. The van der Waals surface area contributed by atoms with Gasteiger partial charge in [0, 0.05) is 37.7 Å². The van der Waals surface area contributed by atoms with Crippen molar-refractivity contribution in [2.24, 2.45) is 11.3 Å². The number of aromatic nitrogens is 4. The van der Waals surface area contributed by atoms with Crippen molar-refractivity contribution in [2.75, 3.05) is 44.8 Å². The summed E-state index contributed by atoms with van der Waals surface area (Å²) in [6.07, 6.45) is -6.75. The highest BCUT2D eigenvalue weighted by atomic mass is 32.2. The fourth-order valence-corrected chi connectivity index (χ4v) is 9.57. The fourth-order valence-electron chi connectivity index (χ4n) is 5.86. The number of imidazole rings is 1. The Hall–Kier alpha value is -2.56. The summed E-state index contributed by atoms with van der Waals surface area (Å²) < 4.78 is 62.2. The van der Waals surface area contributed by atoms with Crippen molar-refractivity contribution in [3.63, 3.8) is 0 Å². The lowest BCUT2D eigenvalue weighted by Gasteiger charge is -2.30. The molecule has 2 fully saturated rings. The maximum absolute atomic E-state index is 12.7. The molecule has 0 spiro atoms. The normalized spacial score (nSPS) is 26.4. The molecule has 10 unspecified atom stereocenters. The Morgan fingerprint density at radius 1 is 1.12 bits per heavy atom. The molecule has 12 N–H and O–H groups in total. The third kappa shape index (κ3) is 13.7. The second kappa shape index (κ2) is 20.1. The SMILES string of the molecule is CC1CC(N(C)O)NC1C(=O)SCCNC(=O)CCNC(=O)C(O)C(C)(C)COP(=O)(O)OP(=O)(O)OCC1OC(n2cnc3c(N)ncnc32)C(O)C1OP(=O)(O)O. The van der Waals surface area contributed by atoms with Crippen LogP contribution in [-0.4, -0.2) is 152 Å². The molecule has 0 aliphatic carbocycles. The molecule has 2 aliphatic heterocycles. The van der Waals surface area contributed by atoms with Crippen LogP contribution in [0.5, 0.6) is 0 Å². The number of nitrogens with zero attached hydrogens (tertiary/aromatic N) is 5. The van der Waals surface area contributed by atoms with Gasteiger partial charge in [-0.1, -0.05) is 32.5 Å². The van der Waals surface area contributed by atoms with E-state index in [2.05, 4.69) is 39.7 Å². The zero-order valence-corrected chi connectivity index (χ0v) is 35.4. The topological polar surface area (TPSA) is 399 Å². The molecule has 4 heterocycles. The second-order valence-corrected chi connectivity index (χ2v) is 19.5. The summed E-state index contributed by atoms with van der Waals surface area (Å²) in [5, 5.41) is 40.0. The fraction of sp³-hybridized carbons (Fsp3) is 0.714. The number of thioether (sulfide) groups is 1. The Morgan fingerprint density at radius 3 is 2.44 bits per heavy atom. The molecule has 2 aromatic heterocycles. The monoisotopic (exact) mass is 923 g/mol. The summed E-state index contributed by atoms with van der Waals surface area (Å²) in [6, 6.07) is -0.452. The minimum Gasteiger partial charge on any atom is -0.386 e. The quantitative estimate of drug-likeness (QED) is 0.0378. The number of hydrogen-bond donors (Lipinski definition) is 11. The van der Waals surface area contributed by atoms with E-state index in [0.29, 0.717) is 6.42 Å². The number of aliphatic hydroxyl groups excluding tert-OH is 2. The molecule has 0 aromatic carbocycles. The number of rotatable bonds is 21. The van der Waals surface area contributed by atoms with Crippen LogP contribution in [0.3, 0.4) is 0 Å². The molecule has 0 bridgehead atoms. The van der Waals surface area contributed by atoms with Crippen molar-refractivity contribution in [3.8, 4) is 0 Å². The minimum atomic E-state index is -5.58. The molecule has 2 amide bonds. The van der Waals surface area contributed by atoms with Crippen LogP contribution in [0.4, 0.5) is 5.82 Å². The summed E-state index contributed by atoms with van der Waals surface area (Å²) in [5.41, 5.74) is 4.24. The highest BCUT2D eigenvalue weighted by Gasteiger charge is 2.50. The van der Waals surface area contributed by atoms with Gasteiger partial charge >= 0.3 is 23.5 Å². The van der Waals surface area contributed by atoms with E-state index in [1.54, 1.807) is 0 Å². The van der Waals surface area contributed by atoms with Crippen LogP contribution >= 0.6 is 35.2 Å². The third-order valence-electron chi connectivity index (χ3n) is 8.99. The maximum atomic E-state index is 12.7. The van der Waals surface area contributed by atoms with E-state index in [0.717, 1.165) is 34.0 Å². The summed E-state index contributed by atoms with van der Waals surface area (Å²) >= 11 is 1.02. The van der Waals surface area contributed by atoms with Gasteiger partial charge in [0.1, 0.15) is 36.3 Å². The number of carbonyl (C=O) groups excluding carboxylic acids is 3. The molecule has 59 heavy (non-hydrogen) atoms. The molecular weight excluding hydrogens is 875 g/mol. The van der Waals surface area contributed by atoms with Crippen LogP contribution in [0, 0.1) is 11.3 Å². The first-order valence-electron chi connectivity index (χ1n) is 17.5. The van der Waals surface area contributed by atoms with Crippen LogP contribution in [0.2, 0.25) is 0 Å². The molecule has 2 aliphatic rings. The Bertz CT molecular complexity index is 1960. The molecule has 10 atom stereocenters. The number of ether oxygens (including phenoxy) is 1. The smallest absolute Gasteiger partial charge is 0.386 e. The molecule has 334 valence electrons. The van der Waals surface area contributed by atoms with E-state index in [-0.39, 0.29) is 59.4 Å². The number of amides is 2. The third-order valence-corrected chi connectivity index (χ3v) is 13.0. The van der Waals surface area contributed by atoms with E-state index in [4.69, 9.17) is 19.5 Å². The number of nitrogens with two attached hydrogens (primary N) is 1. The molecule has 0 saturated carbocycles. The number of hydroxylamine groups is 2. The Labute approximate surface area is 340 Å². The molecule has 2 saturated heterocycles. The lowest BCUT2D eigenvalue weighted by Crippen LogP contribution is -2.46. The predicted octanol–water partition coefficient (Wildman–Crippen LogP) is -1.69. The Morgan fingerprint density at radius 2 is 1.80 bits per heavy atom. The summed E-state index contributed by atoms with van der Waals surface area (Å²) in [6.45, 7) is 2.26. The van der Waals surface area contributed by atoms with Crippen LogP contribution in [-0.2, 0) is 50.7 Å². The van der Waals surface area contributed by atoms with Gasteiger partial charge in [-0.15, -0.1) is 0 Å². The number of aliphatic hydroxyl groups is 2. The van der Waals surface area contributed by atoms with Gasteiger partial charge < -0.3 is 56.1 Å². The van der Waals surface area contributed by atoms with Crippen LogP contribution in [0.25, 0.3) is 11.2 Å². The van der Waals surface area contributed by atoms with Gasteiger partial charge in [-0.25, -0.2) is 28.6 Å². The number of phosphoric ester groups is 3. The van der Waals surface area contributed by atoms with Crippen molar-refractivity contribution in [2.45, 2.75) is 76.5 Å². The first kappa shape index (κ1) is 49.1. The zero-order chi connectivity index (χ0) is 44.1. The van der Waals surface area contributed by atoms with Crippen molar-refractivity contribution in [3.05, 3.63) is 12.7 Å². The maximum Gasteiger partial charge on any atom is 0.481 e. The standard InChI is InChI=1S/C28H48N9O18P3S/c1-14-9-16(36(4)43)35-18(14)27(42)59-8-7-30-17(38)5-6-31-25(41)22(40)28(2,3)11-52-58(49,50)55-57(47,48)51-10-15-21(54-56(44,45)46)20(39)26(53-15)37-13-34-19-23(29)32-12-33-24(19)37/h12-16,18,20-22,26,35,39-40,43H,5-11H2,1-4H3,(H,30,38)(H,31,41)(H,47,48)(H,49,50)(H2,29,32,33)(H2,44,45,46). The van der Waals surface area contributed by atoms with Crippen molar-refractivity contribution < 1.29 is 85.7 Å². The lowest BCUT2D eigenvalue weighted by atomic mass is 9.87. The number of fused-ring (bicyclic) bond motifs is 1. The number of carbonyl (C=O) groups is 3. The number of anilines is 1. The van der Waals surface area contributed by atoms with E-state index in [1.807, 2.05) is 6.92 Å². The number of nitrogens with one attached hydrogen (secondary N) is 3. The molecule has 4 rings (SSSR count). The van der Waals surface area contributed by atoms with E-state index >= 15 is 0 Å². The van der Waals surface area contributed by atoms with Gasteiger partial charge in [-0.2, -0.15) is 9.37 Å². The lowest BCUT2D eigenvalue weighted by molar-refractivity contribution is -0.137. The van der Waals surface area contributed by atoms with Gasteiger partial charge in [-0.3, -0.25) is 37.8 Å². The average Bonchev–Trinajstić information content (AvgIpc) is 3.82. The average molecular weight is 924 g/mol. The van der Waals surface area contributed by atoms with Gasteiger partial charge in [0.25, 0.3) is 0 Å². The van der Waals surface area contributed by atoms with E-state index in [9.17, 15) is 63.1 Å². The van der Waals surface area contributed by atoms with Crippen molar-refractivity contribution in [1.29, 1.82) is 0 Å². The first-order chi connectivity index (χ1) is 27.3. The van der Waals surface area contributed by atoms with Crippen LogP contribution in [0.1, 0.15) is 39.8 Å². The largest absolute Gasteiger partial charge is 0.481 e. The van der Waals surface area contributed by atoms with Gasteiger partial charge in [0.15, 0.2) is 17.7 Å². The van der Waals surface area contributed by atoms with Gasteiger partial charge in [0.2, 0.25) is 16.9 Å². The zero-order valence-electron chi connectivity index (χ0n) is 31.9. The number of hydrogen-bond acceptors (Lipinski definition) is 21. The van der Waals surface area contributed by atoms with Gasteiger partial charge in [0.05, 0.1) is 31.7 Å². The summed E-state index contributed by atoms with van der Waals surface area (Å²) in [7, 11) is -14.9. The molecule has 31 heteroatoms. The molecular formula is C28H48N9O18P3S. The second-order valence-electron chi connectivity index (χ2n) is 14.2. The minimum absolute atomic E-state index is 0.00232. The highest BCUT2D eigenvalue weighted by molar-refractivity contribution is 8.13. The van der Waals surface area contributed by atoms with Crippen molar-refractivity contribution >= 4 is 69.1 Å². The summed E-state index contributed by atoms with van der Waals surface area (Å²) in [5.74, 6) is -1.23.